The molecule has 2 nitrogen and oxygen atoms in total. The van der Waals surface area contributed by atoms with Gasteiger partial charge in [-0.2, -0.15) is 0 Å². The van der Waals surface area contributed by atoms with Gasteiger partial charge in [0.1, 0.15) is 11.3 Å². The lowest BCUT2D eigenvalue weighted by atomic mass is 10.1. The molecule has 0 unspecified atom stereocenters. The maximum atomic E-state index is 13.7. The van der Waals surface area contributed by atoms with Crippen LogP contribution in [0.15, 0.2) is 12.1 Å². The summed E-state index contributed by atoms with van der Waals surface area (Å²) in [4.78, 5) is 4.09. The second-order valence-corrected chi connectivity index (χ2v) is 4.33. The van der Waals surface area contributed by atoms with Crippen molar-refractivity contribution in [1.29, 1.82) is 0 Å². The monoisotopic (exact) mass is 268 g/mol. The number of nitrogens with zero attached hydrogens (tertiary/aromatic N) is 1. The van der Waals surface area contributed by atoms with Crippen LogP contribution in [-0.4, -0.2) is 11.5 Å². The Hall–Kier alpha value is -1.78. The van der Waals surface area contributed by atoms with Crippen molar-refractivity contribution < 1.29 is 13.2 Å². The van der Waals surface area contributed by atoms with Gasteiger partial charge < -0.3 is 5.32 Å². The summed E-state index contributed by atoms with van der Waals surface area (Å²) >= 11 is 0. The first kappa shape index (κ1) is 13.6. The molecular weight excluding hydrogens is 253 g/mol. The van der Waals surface area contributed by atoms with Gasteiger partial charge in [-0.05, 0) is 31.0 Å². The minimum atomic E-state index is -1.48. The SMILES string of the molecule is CCCc1cc2cc(F)c(F)c(F)c2nc1NCC. The van der Waals surface area contributed by atoms with Gasteiger partial charge in [-0.25, -0.2) is 18.2 Å². The zero-order chi connectivity index (χ0) is 14.0. The number of nitrogens with one attached hydrogen (secondary N) is 1. The summed E-state index contributed by atoms with van der Waals surface area (Å²) in [5, 5.41) is 3.30. The van der Waals surface area contributed by atoms with Gasteiger partial charge in [0.15, 0.2) is 17.5 Å². The minimum absolute atomic E-state index is 0.144. The van der Waals surface area contributed by atoms with E-state index in [-0.39, 0.29) is 10.9 Å². The molecule has 1 N–H and O–H groups in total. The predicted molar refractivity (Wildman–Crippen MR) is 69.8 cm³/mol. The highest BCUT2D eigenvalue weighted by molar-refractivity contribution is 5.82. The van der Waals surface area contributed by atoms with Crippen LogP contribution in [0, 0.1) is 17.5 Å². The summed E-state index contributed by atoms with van der Waals surface area (Å²) in [5.41, 5.74) is 0.733. The summed E-state index contributed by atoms with van der Waals surface area (Å²) in [5.74, 6) is -3.38. The number of benzene rings is 1. The number of hydrogen-bond donors (Lipinski definition) is 1. The van der Waals surface area contributed by atoms with E-state index in [0.29, 0.717) is 12.4 Å². The third-order valence-electron chi connectivity index (χ3n) is 2.89. The van der Waals surface area contributed by atoms with Crippen LogP contribution in [0.4, 0.5) is 19.0 Å². The minimum Gasteiger partial charge on any atom is -0.370 e. The first-order valence-corrected chi connectivity index (χ1v) is 6.29. The van der Waals surface area contributed by atoms with Crippen LogP contribution >= 0.6 is 0 Å². The van der Waals surface area contributed by atoms with Crippen molar-refractivity contribution in [1.82, 2.24) is 4.98 Å². The Bertz CT molecular complexity index is 611. The van der Waals surface area contributed by atoms with E-state index in [0.717, 1.165) is 24.5 Å². The van der Waals surface area contributed by atoms with E-state index in [1.807, 2.05) is 13.8 Å². The lowest BCUT2D eigenvalue weighted by Gasteiger charge is -2.11. The maximum Gasteiger partial charge on any atom is 0.196 e. The largest absolute Gasteiger partial charge is 0.370 e. The van der Waals surface area contributed by atoms with E-state index in [2.05, 4.69) is 10.3 Å². The fourth-order valence-corrected chi connectivity index (χ4v) is 2.05. The molecule has 1 aromatic carbocycles. The zero-order valence-electron chi connectivity index (χ0n) is 10.9. The molecule has 0 amide bonds. The molecule has 0 bridgehead atoms. The number of hydrogen-bond acceptors (Lipinski definition) is 2. The molecule has 0 aliphatic heterocycles. The molecule has 2 aromatic rings. The van der Waals surface area contributed by atoms with Crippen molar-refractivity contribution in [2.24, 2.45) is 0 Å². The van der Waals surface area contributed by atoms with E-state index in [4.69, 9.17) is 0 Å². The van der Waals surface area contributed by atoms with Gasteiger partial charge >= 0.3 is 0 Å². The van der Waals surface area contributed by atoms with E-state index >= 15 is 0 Å². The maximum absolute atomic E-state index is 13.7. The highest BCUT2D eigenvalue weighted by atomic mass is 19.2. The molecule has 5 heteroatoms. The molecule has 0 saturated carbocycles. The molecule has 0 aliphatic carbocycles. The molecule has 0 aliphatic rings. The van der Waals surface area contributed by atoms with Crippen LogP contribution in [0.1, 0.15) is 25.8 Å². The Morgan fingerprint density at radius 1 is 1.11 bits per heavy atom. The predicted octanol–water partition coefficient (Wildman–Crippen LogP) is 4.04. The Labute approximate surface area is 109 Å². The van der Waals surface area contributed by atoms with Gasteiger partial charge in [0, 0.05) is 11.9 Å². The molecule has 19 heavy (non-hydrogen) atoms. The fourth-order valence-electron chi connectivity index (χ4n) is 2.05. The van der Waals surface area contributed by atoms with Crippen molar-refractivity contribution >= 4 is 16.7 Å². The summed E-state index contributed by atoms with van der Waals surface area (Å²) in [6, 6.07) is 2.64. The molecule has 102 valence electrons. The summed E-state index contributed by atoms with van der Waals surface area (Å²) in [6.45, 7) is 4.52. The van der Waals surface area contributed by atoms with Gasteiger partial charge in [-0.1, -0.05) is 13.3 Å². The average Bonchev–Trinajstić information content (AvgIpc) is 2.38. The van der Waals surface area contributed by atoms with Crippen LogP contribution in [0.3, 0.4) is 0 Å². The lowest BCUT2D eigenvalue weighted by molar-refractivity contribution is 0.452. The molecule has 1 aromatic heterocycles. The Balaban J connectivity index is 2.70. The van der Waals surface area contributed by atoms with Gasteiger partial charge in [-0.15, -0.1) is 0 Å². The number of rotatable bonds is 4. The summed E-state index contributed by atoms with van der Waals surface area (Å²) in [7, 11) is 0. The zero-order valence-corrected chi connectivity index (χ0v) is 10.9. The van der Waals surface area contributed by atoms with E-state index < -0.39 is 17.5 Å². The van der Waals surface area contributed by atoms with Crippen molar-refractivity contribution in [3.8, 4) is 0 Å². The van der Waals surface area contributed by atoms with Crippen molar-refractivity contribution in [2.45, 2.75) is 26.7 Å². The second kappa shape index (κ2) is 5.47. The van der Waals surface area contributed by atoms with E-state index in [9.17, 15) is 13.2 Å². The van der Waals surface area contributed by atoms with Crippen LogP contribution in [0.5, 0.6) is 0 Å². The molecular formula is C14H15F3N2. The average molecular weight is 268 g/mol. The third kappa shape index (κ3) is 2.50. The summed E-state index contributed by atoms with van der Waals surface area (Å²) in [6.07, 6.45) is 1.63. The Morgan fingerprint density at radius 2 is 1.84 bits per heavy atom. The first-order valence-electron chi connectivity index (χ1n) is 6.29. The molecule has 0 atom stereocenters. The topological polar surface area (TPSA) is 24.9 Å². The molecule has 0 fully saturated rings. The fraction of sp³-hybridized carbons (Fsp3) is 0.357. The molecule has 1 heterocycles. The van der Waals surface area contributed by atoms with Gasteiger partial charge in [0.2, 0.25) is 0 Å². The van der Waals surface area contributed by atoms with Crippen molar-refractivity contribution in [3.63, 3.8) is 0 Å². The molecule has 0 saturated heterocycles. The quantitative estimate of drug-likeness (QED) is 0.847. The van der Waals surface area contributed by atoms with Crippen molar-refractivity contribution in [3.05, 3.63) is 35.1 Å². The first-order chi connectivity index (χ1) is 9.08. The Kier molecular flexibility index (Phi) is 3.93. The normalized spacial score (nSPS) is 11.0. The number of halogens is 3. The van der Waals surface area contributed by atoms with Crippen LogP contribution in [0.25, 0.3) is 10.9 Å². The number of pyridine rings is 1. The third-order valence-corrected chi connectivity index (χ3v) is 2.89. The van der Waals surface area contributed by atoms with Gasteiger partial charge in [-0.3, -0.25) is 0 Å². The molecule has 0 radical (unpaired) electrons. The highest BCUT2D eigenvalue weighted by Gasteiger charge is 2.16. The standard InChI is InChI=1S/C14H15F3N2/c1-3-5-8-6-9-7-10(15)11(16)12(17)13(9)19-14(8)18-4-2/h6-7H,3-5H2,1-2H3,(H,18,19). The summed E-state index contributed by atoms with van der Waals surface area (Å²) < 4.78 is 40.1. The lowest BCUT2D eigenvalue weighted by Crippen LogP contribution is -2.05. The van der Waals surface area contributed by atoms with E-state index in [1.165, 1.54) is 0 Å². The number of aromatic nitrogens is 1. The van der Waals surface area contributed by atoms with E-state index in [1.54, 1.807) is 6.07 Å². The number of aryl methyl sites for hydroxylation is 1. The van der Waals surface area contributed by atoms with Crippen LogP contribution < -0.4 is 5.32 Å². The molecule has 2 rings (SSSR count). The van der Waals surface area contributed by atoms with Gasteiger partial charge in [0.05, 0.1) is 0 Å². The van der Waals surface area contributed by atoms with Gasteiger partial charge in [0.25, 0.3) is 0 Å². The number of anilines is 1. The van der Waals surface area contributed by atoms with Crippen molar-refractivity contribution in [2.75, 3.05) is 11.9 Å². The second-order valence-electron chi connectivity index (χ2n) is 4.33. The number of fused-ring (bicyclic) bond motifs is 1. The van der Waals surface area contributed by atoms with Crippen LogP contribution in [0.2, 0.25) is 0 Å². The van der Waals surface area contributed by atoms with Crippen LogP contribution in [-0.2, 0) is 6.42 Å². The molecule has 0 spiro atoms. The Morgan fingerprint density at radius 3 is 2.47 bits per heavy atom. The smallest absolute Gasteiger partial charge is 0.196 e. The highest BCUT2D eigenvalue weighted by Crippen LogP contribution is 2.26.